The van der Waals surface area contributed by atoms with Crippen LogP contribution in [0.4, 0.5) is 0 Å². The summed E-state index contributed by atoms with van der Waals surface area (Å²) in [6.45, 7) is 7.05. The molecule has 1 heterocycles. The maximum atomic E-state index is 12.9. The molecule has 1 aliphatic heterocycles. The molecule has 2 amide bonds. The lowest BCUT2D eigenvalue weighted by Crippen LogP contribution is -2.65. The Morgan fingerprint density at radius 1 is 1.30 bits per heavy atom. The number of carbonyl (C=O) groups excluding carboxylic acids is 2. The van der Waals surface area contributed by atoms with Crippen molar-refractivity contribution in [2.24, 2.45) is 17.6 Å². The zero-order valence-electron chi connectivity index (χ0n) is 13.1. The molecule has 5 nitrogen and oxygen atoms in total. The first-order valence-corrected chi connectivity index (χ1v) is 7.57. The van der Waals surface area contributed by atoms with Gasteiger partial charge in [0.25, 0.3) is 0 Å². The number of amides is 2. The van der Waals surface area contributed by atoms with Crippen LogP contribution >= 0.6 is 0 Å². The van der Waals surface area contributed by atoms with Crippen molar-refractivity contribution in [1.29, 1.82) is 0 Å². The second-order valence-electron chi connectivity index (χ2n) is 6.96. The average molecular weight is 281 g/mol. The minimum absolute atomic E-state index is 0.00882. The van der Waals surface area contributed by atoms with E-state index < -0.39 is 5.54 Å². The van der Waals surface area contributed by atoms with Crippen LogP contribution in [0.3, 0.4) is 0 Å². The average Bonchev–Trinajstić information content (AvgIpc) is 2.38. The summed E-state index contributed by atoms with van der Waals surface area (Å²) < 4.78 is 0. The molecular weight excluding hydrogens is 254 g/mol. The summed E-state index contributed by atoms with van der Waals surface area (Å²) in [6.07, 6.45) is 2.84. The lowest BCUT2D eigenvalue weighted by molar-refractivity contribution is -0.160. The Kier molecular flexibility index (Phi) is 4.09. The number of rotatable bonds is 1. The number of nitrogens with two attached hydrogens (primary N) is 1. The predicted molar refractivity (Wildman–Crippen MR) is 77.9 cm³/mol. The Balaban J connectivity index is 2.17. The maximum absolute atomic E-state index is 12.9. The Hall–Kier alpha value is -1.10. The molecule has 2 fully saturated rings. The lowest BCUT2D eigenvalue weighted by Gasteiger charge is -2.47. The zero-order valence-corrected chi connectivity index (χ0v) is 13.1. The van der Waals surface area contributed by atoms with Crippen molar-refractivity contribution >= 4 is 11.8 Å². The van der Waals surface area contributed by atoms with Crippen molar-refractivity contribution in [1.82, 2.24) is 9.80 Å². The molecule has 0 aromatic heterocycles. The summed E-state index contributed by atoms with van der Waals surface area (Å²) in [4.78, 5) is 28.6. The van der Waals surface area contributed by atoms with E-state index in [4.69, 9.17) is 5.73 Å². The van der Waals surface area contributed by atoms with Crippen LogP contribution < -0.4 is 5.73 Å². The highest BCUT2D eigenvalue weighted by Gasteiger charge is 2.46. The van der Waals surface area contributed by atoms with Crippen molar-refractivity contribution in [2.75, 3.05) is 20.1 Å². The number of nitrogens with zero attached hydrogens (tertiary/aromatic N) is 2. The molecule has 0 aromatic rings. The van der Waals surface area contributed by atoms with Crippen molar-refractivity contribution < 1.29 is 9.59 Å². The minimum atomic E-state index is -0.759. The van der Waals surface area contributed by atoms with Crippen LogP contribution in [-0.4, -0.2) is 53.3 Å². The fourth-order valence-corrected chi connectivity index (χ4v) is 3.49. The van der Waals surface area contributed by atoms with Gasteiger partial charge in [0.2, 0.25) is 11.8 Å². The molecule has 5 heteroatoms. The van der Waals surface area contributed by atoms with Gasteiger partial charge in [0.15, 0.2) is 0 Å². The van der Waals surface area contributed by atoms with Gasteiger partial charge < -0.3 is 15.5 Å². The molecule has 1 saturated heterocycles. The normalized spacial score (nSPS) is 34.2. The van der Waals surface area contributed by atoms with E-state index in [0.717, 1.165) is 19.3 Å². The maximum Gasteiger partial charge on any atom is 0.247 e. The minimum Gasteiger partial charge on any atom is -0.342 e. The fourth-order valence-electron chi connectivity index (χ4n) is 3.49. The Labute approximate surface area is 121 Å². The van der Waals surface area contributed by atoms with Crippen LogP contribution in [-0.2, 0) is 9.59 Å². The number of hydrogen-bond donors (Lipinski definition) is 1. The van der Waals surface area contributed by atoms with Gasteiger partial charge in [-0.1, -0.05) is 6.92 Å². The van der Waals surface area contributed by atoms with Crippen LogP contribution in [0.1, 0.15) is 40.0 Å². The lowest BCUT2D eigenvalue weighted by atomic mass is 9.77. The molecule has 20 heavy (non-hydrogen) atoms. The van der Waals surface area contributed by atoms with Gasteiger partial charge in [-0.3, -0.25) is 9.59 Å². The third-order valence-electron chi connectivity index (χ3n) is 4.95. The van der Waals surface area contributed by atoms with E-state index in [0.29, 0.717) is 19.0 Å². The van der Waals surface area contributed by atoms with Gasteiger partial charge in [-0.15, -0.1) is 0 Å². The Morgan fingerprint density at radius 3 is 2.60 bits per heavy atom. The zero-order chi connectivity index (χ0) is 15.1. The standard InChI is InChI=1S/C15H27N3O2/c1-10-5-6-12(16)11(9-10)13(19)18-8-7-17(4)14(20)15(18,2)3/h10-12H,5-9,16H2,1-4H3. The van der Waals surface area contributed by atoms with Crippen molar-refractivity contribution in [3.63, 3.8) is 0 Å². The summed E-state index contributed by atoms with van der Waals surface area (Å²) >= 11 is 0. The monoisotopic (exact) mass is 281 g/mol. The highest BCUT2D eigenvalue weighted by Crippen LogP contribution is 2.32. The van der Waals surface area contributed by atoms with Crippen molar-refractivity contribution in [3.05, 3.63) is 0 Å². The van der Waals surface area contributed by atoms with Gasteiger partial charge in [0.05, 0.1) is 5.92 Å². The highest BCUT2D eigenvalue weighted by atomic mass is 16.2. The summed E-state index contributed by atoms with van der Waals surface area (Å²) in [6, 6.07) is -0.0655. The van der Waals surface area contributed by atoms with Gasteiger partial charge >= 0.3 is 0 Å². The molecule has 0 aromatic carbocycles. The van der Waals surface area contributed by atoms with E-state index in [1.54, 1.807) is 16.8 Å². The van der Waals surface area contributed by atoms with E-state index in [1.165, 1.54) is 0 Å². The van der Waals surface area contributed by atoms with E-state index in [9.17, 15) is 9.59 Å². The molecule has 114 valence electrons. The first kappa shape index (κ1) is 15.3. The van der Waals surface area contributed by atoms with Crippen LogP contribution in [0.15, 0.2) is 0 Å². The Bertz CT molecular complexity index is 408. The smallest absolute Gasteiger partial charge is 0.247 e. The molecule has 2 aliphatic rings. The van der Waals surface area contributed by atoms with Gasteiger partial charge in [-0.05, 0) is 39.0 Å². The summed E-state index contributed by atoms with van der Waals surface area (Å²) in [7, 11) is 1.79. The first-order valence-electron chi connectivity index (χ1n) is 7.57. The SMILES string of the molecule is CC1CCC(N)C(C(=O)N2CCN(C)C(=O)C2(C)C)C1. The van der Waals surface area contributed by atoms with Crippen molar-refractivity contribution in [2.45, 2.75) is 51.6 Å². The number of hydrogen-bond acceptors (Lipinski definition) is 3. The van der Waals surface area contributed by atoms with Gasteiger partial charge in [0, 0.05) is 26.2 Å². The third-order valence-corrected chi connectivity index (χ3v) is 4.95. The molecule has 2 N–H and O–H groups in total. The first-order chi connectivity index (χ1) is 9.25. The number of piperazine rings is 1. The second kappa shape index (κ2) is 5.35. The molecule has 1 saturated carbocycles. The summed E-state index contributed by atoms with van der Waals surface area (Å²) in [5.41, 5.74) is 5.40. The van der Waals surface area contributed by atoms with Crippen LogP contribution in [0, 0.1) is 11.8 Å². The number of likely N-dealkylation sites (N-methyl/N-ethyl adjacent to an activating group) is 1. The largest absolute Gasteiger partial charge is 0.342 e. The molecule has 3 unspecified atom stereocenters. The topological polar surface area (TPSA) is 66.6 Å². The van der Waals surface area contributed by atoms with E-state index >= 15 is 0 Å². The predicted octanol–water partition coefficient (Wildman–Crippen LogP) is 0.829. The molecule has 0 spiro atoms. The van der Waals surface area contributed by atoms with Crippen LogP contribution in [0.2, 0.25) is 0 Å². The van der Waals surface area contributed by atoms with Gasteiger partial charge in [-0.2, -0.15) is 0 Å². The van der Waals surface area contributed by atoms with Crippen LogP contribution in [0.5, 0.6) is 0 Å². The number of carbonyl (C=O) groups is 2. The molecular formula is C15H27N3O2. The third kappa shape index (κ3) is 2.55. The second-order valence-corrected chi connectivity index (χ2v) is 6.96. The van der Waals surface area contributed by atoms with Gasteiger partial charge in [-0.25, -0.2) is 0 Å². The molecule has 2 rings (SSSR count). The van der Waals surface area contributed by atoms with Crippen LogP contribution in [0.25, 0.3) is 0 Å². The summed E-state index contributed by atoms with van der Waals surface area (Å²) in [5, 5.41) is 0. The van der Waals surface area contributed by atoms with E-state index in [-0.39, 0.29) is 23.8 Å². The molecule has 3 atom stereocenters. The highest BCUT2D eigenvalue weighted by molar-refractivity contribution is 5.92. The van der Waals surface area contributed by atoms with Crippen molar-refractivity contribution in [3.8, 4) is 0 Å². The molecule has 1 aliphatic carbocycles. The molecule has 0 bridgehead atoms. The molecule has 0 radical (unpaired) electrons. The van der Waals surface area contributed by atoms with E-state index in [2.05, 4.69) is 6.92 Å². The van der Waals surface area contributed by atoms with E-state index in [1.807, 2.05) is 13.8 Å². The quantitative estimate of drug-likeness (QED) is 0.774. The Morgan fingerprint density at radius 2 is 1.95 bits per heavy atom. The van der Waals surface area contributed by atoms with Gasteiger partial charge in [0.1, 0.15) is 5.54 Å². The summed E-state index contributed by atoms with van der Waals surface area (Å²) in [5.74, 6) is 0.481. The fraction of sp³-hybridized carbons (Fsp3) is 0.867.